The number of nitrogens with two attached hydrogens (primary N) is 1. The molecular formula is C10H21N3O. The fraction of sp³-hybridized carbons (Fsp3) is 0.900. The predicted molar refractivity (Wildman–Crippen MR) is 57.3 cm³/mol. The zero-order valence-electron chi connectivity index (χ0n) is 8.87. The summed E-state index contributed by atoms with van der Waals surface area (Å²) in [4.78, 5) is 2.30. The average Bonchev–Trinajstić information content (AvgIpc) is 2.18. The Hall–Kier alpha value is -0.610. The van der Waals surface area contributed by atoms with Crippen LogP contribution in [0.5, 0.6) is 0 Å². The maximum atomic E-state index is 9.06. The quantitative estimate of drug-likeness (QED) is 0.449. The van der Waals surface area contributed by atoms with Crippen LogP contribution < -0.4 is 5.73 Å². The van der Waals surface area contributed by atoms with Gasteiger partial charge in [0.2, 0.25) is 0 Å². The van der Waals surface area contributed by atoms with Crippen molar-refractivity contribution < 1.29 is 5.11 Å². The average molecular weight is 199 g/mol. The summed E-state index contributed by atoms with van der Waals surface area (Å²) in [5, 5.41) is 16.4. The van der Waals surface area contributed by atoms with E-state index in [0.29, 0.717) is 5.92 Å². The first-order valence-electron chi connectivity index (χ1n) is 5.30. The van der Waals surface area contributed by atoms with Crippen molar-refractivity contribution in [1.82, 2.24) is 4.90 Å². The van der Waals surface area contributed by atoms with Gasteiger partial charge >= 0.3 is 0 Å². The third kappa shape index (κ3) is 3.27. The Labute approximate surface area is 85.6 Å². The Morgan fingerprint density at radius 1 is 1.71 bits per heavy atom. The molecule has 0 radical (unpaired) electrons. The molecule has 82 valence electrons. The van der Waals surface area contributed by atoms with Crippen LogP contribution in [0.25, 0.3) is 0 Å². The van der Waals surface area contributed by atoms with Gasteiger partial charge in [-0.1, -0.05) is 6.92 Å². The van der Waals surface area contributed by atoms with Crippen molar-refractivity contribution in [3.8, 4) is 0 Å². The fourth-order valence-corrected chi connectivity index (χ4v) is 1.95. The molecule has 14 heavy (non-hydrogen) atoms. The van der Waals surface area contributed by atoms with Gasteiger partial charge in [0.15, 0.2) is 0 Å². The number of piperidine rings is 1. The highest BCUT2D eigenvalue weighted by Crippen LogP contribution is 2.16. The standard InChI is InChI=1S/C10H21N3O/c1-8(10(11)12)5-13-4-2-3-9(6-13)7-14/h8-9,14H,2-7H2,1H3,(H3,11,12). The molecule has 4 heteroatoms. The number of nitrogens with one attached hydrogen (secondary N) is 1. The van der Waals surface area contributed by atoms with Crippen molar-refractivity contribution in [1.29, 1.82) is 5.41 Å². The first kappa shape index (κ1) is 11.5. The molecule has 4 N–H and O–H groups in total. The van der Waals surface area contributed by atoms with Gasteiger partial charge in [0.1, 0.15) is 0 Å². The maximum absolute atomic E-state index is 9.06. The predicted octanol–water partition coefficient (Wildman–Crippen LogP) is 0.263. The topological polar surface area (TPSA) is 73.3 Å². The summed E-state index contributed by atoms with van der Waals surface area (Å²) in [6, 6.07) is 0. The molecule has 1 fully saturated rings. The second-order valence-electron chi connectivity index (χ2n) is 4.31. The van der Waals surface area contributed by atoms with E-state index in [-0.39, 0.29) is 18.4 Å². The molecule has 0 aliphatic carbocycles. The van der Waals surface area contributed by atoms with Crippen LogP contribution in [0.15, 0.2) is 0 Å². The Balaban J connectivity index is 2.33. The van der Waals surface area contributed by atoms with Crippen LogP contribution in [0.4, 0.5) is 0 Å². The molecule has 0 saturated carbocycles. The molecule has 2 atom stereocenters. The van der Waals surface area contributed by atoms with E-state index in [1.54, 1.807) is 0 Å². The third-order valence-corrected chi connectivity index (χ3v) is 2.92. The van der Waals surface area contributed by atoms with E-state index in [4.69, 9.17) is 16.2 Å². The number of hydrogen-bond donors (Lipinski definition) is 3. The lowest BCUT2D eigenvalue weighted by Crippen LogP contribution is -2.41. The Morgan fingerprint density at radius 3 is 3.00 bits per heavy atom. The van der Waals surface area contributed by atoms with Crippen LogP contribution >= 0.6 is 0 Å². The minimum Gasteiger partial charge on any atom is -0.396 e. The zero-order valence-corrected chi connectivity index (χ0v) is 8.87. The highest BCUT2D eigenvalue weighted by atomic mass is 16.3. The van der Waals surface area contributed by atoms with Gasteiger partial charge in [-0.25, -0.2) is 0 Å². The molecule has 1 rings (SSSR count). The molecule has 1 aliphatic rings. The maximum Gasteiger partial charge on any atom is 0.0947 e. The largest absolute Gasteiger partial charge is 0.396 e. The summed E-state index contributed by atoms with van der Waals surface area (Å²) in [6.45, 7) is 5.14. The molecular weight excluding hydrogens is 178 g/mol. The number of hydrogen-bond acceptors (Lipinski definition) is 3. The van der Waals surface area contributed by atoms with E-state index in [0.717, 1.165) is 32.5 Å². The summed E-state index contributed by atoms with van der Waals surface area (Å²) in [7, 11) is 0. The second kappa shape index (κ2) is 5.32. The van der Waals surface area contributed by atoms with Gasteiger partial charge in [-0.2, -0.15) is 0 Å². The molecule has 0 bridgehead atoms. The molecule has 4 nitrogen and oxygen atoms in total. The molecule has 1 saturated heterocycles. The van der Waals surface area contributed by atoms with E-state index in [1.807, 2.05) is 6.92 Å². The smallest absolute Gasteiger partial charge is 0.0947 e. The summed E-state index contributed by atoms with van der Waals surface area (Å²) in [5.74, 6) is 0.812. The normalized spacial score (nSPS) is 26.0. The van der Waals surface area contributed by atoms with Crippen molar-refractivity contribution >= 4 is 5.84 Å². The highest BCUT2D eigenvalue weighted by molar-refractivity contribution is 5.79. The van der Waals surface area contributed by atoms with Crippen molar-refractivity contribution in [3.63, 3.8) is 0 Å². The lowest BCUT2D eigenvalue weighted by Gasteiger charge is -2.33. The molecule has 0 amide bonds. The molecule has 0 aromatic carbocycles. The van der Waals surface area contributed by atoms with Gasteiger partial charge in [0, 0.05) is 25.6 Å². The fourth-order valence-electron chi connectivity index (χ4n) is 1.95. The highest BCUT2D eigenvalue weighted by Gasteiger charge is 2.20. The van der Waals surface area contributed by atoms with E-state index in [1.165, 1.54) is 0 Å². The van der Waals surface area contributed by atoms with Gasteiger partial charge < -0.3 is 15.7 Å². The van der Waals surface area contributed by atoms with Gasteiger partial charge in [-0.3, -0.25) is 5.41 Å². The minimum atomic E-state index is 0.132. The lowest BCUT2D eigenvalue weighted by molar-refractivity contribution is 0.116. The summed E-state index contributed by atoms with van der Waals surface area (Å²) >= 11 is 0. The van der Waals surface area contributed by atoms with E-state index in [2.05, 4.69) is 4.90 Å². The van der Waals surface area contributed by atoms with Crippen LogP contribution in [0.3, 0.4) is 0 Å². The van der Waals surface area contributed by atoms with E-state index < -0.39 is 0 Å². The molecule has 0 aromatic rings. The van der Waals surface area contributed by atoms with Crippen LogP contribution in [-0.2, 0) is 0 Å². The lowest BCUT2D eigenvalue weighted by atomic mass is 9.98. The number of likely N-dealkylation sites (tertiary alicyclic amines) is 1. The number of aliphatic hydroxyl groups excluding tert-OH is 1. The third-order valence-electron chi connectivity index (χ3n) is 2.92. The van der Waals surface area contributed by atoms with Crippen LogP contribution in [-0.4, -0.2) is 42.1 Å². The number of amidine groups is 1. The Bertz CT molecular complexity index is 196. The second-order valence-corrected chi connectivity index (χ2v) is 4.31. The Morgan fingerprint density at radius 2 is 2.43 bits per heavy atom. The minimum absolute atomic E-state index is 0.132. The van der Waals surface area contributed by atoms with Crippen LogP contribution in [0.1, 0.15) is 19.8 Å². The van der Waals surface area contributed by atoms with E-state index in [9.17, 15) is 0 Å². The monoisotopic (exact) mass is 199 g/mol. The summed E-state index contributed by atoms with van der Waals surface area (Å²) in [6.07, 6.45) is 2.28. The Kier molecular flexibility index (Phi) is 4.35. The number of rotatable bonds is 4. The van der Waals surface area contributed by atoms with Crippen molar-refractivity contribution in [2.75, 3.05) is 26.2 Å². The van der Waals surface area contributed by atoms with Crippen LogP contribution in [0.2, 0.25) is 0 Å². The first-order valence-corrected chi connectivity index (χ1v) is 5.30. The molecule has 2 unspecified atom stereocenters. The van der Waals surface area contributed by atoms with Gasteiger partial charge in [0.05, 0.1) is 5.84 Å². The SMILES string of the molecule is CC(CN1CCCC(CO)C1)C(=N)N. The zero-order chi connectivity index (χ0) is 10.6. The van der Waals surface area contributed by atoms with Gasteiger partial charge in [0.25, 0.3) is 0 Å². The molecule has 1 heterocycles. The first-order chi connectivity index (χ1) is 6.63. The van der Waals surface area contributed by atoms with E-state index >= 15 is 0 Å². The molecule has 0 spiro atoms. The van der Waals surface area contributed by atoms with Gasteiger partial charge in [-0.15, -0.1) is 0 Å². The van der Waals surface area contributed by atoms with Crippen LogP contribution in [0, 0.1) is 17.2 Å². The van der Waals surface area contributed by atoms with Gasteiger partial charge in [-0.05, 0) is 25.3 Å². The van der Waals surface area contributed by atoms with Crippen molar-refractivity contribution in [2.24, 2.45) is 17.6 Å². The van der Waals surface area contributed by atoms with Crippen molar-refractivity contribution in [2.45, 2.75) is 19.8 Å². The number of nitrogens with zero attached hydrogens (tertiary/aromatic N) is 1. The molecule has 0 aromatic heterocycles. The number of aliphatic hydroxyl groups is 1. The summed E-state index contributed by atoms with van der Waals surface area (Å²) in [5.41, 5.74) is 5.43. The van der Waals surface area contributed by atoms with Crippen molar-refractivity contribution in [3.05, 3.63) is 0 Å². The summed E-state index contributed by atoms with van der Waals surface area (Å²) < 4.78 is 0. The molecule has 1 aliphatic heterocycles.